The zero-order valence-corrected chi connectivity index (χ0v) is 40.5. The Labute approximate surface area is 378 Å². The van der Waals surface area contributed by atoms with E-state index in [0.29, 0.717) is 38.5 Å². The van der Waals surface area contributed by atoms with Crippen molar-refractivity contribution >= 4 is 27.6 Å². The van der Waals surface area contributed by atoms with Crippen molar-refractivity contribution in [2.24, 2.45) is 17.8 Å². The maximum absolute atomic E-state index is 12.7. The fraction of sp³-hybridized carbons (Fsp3) is 0.911. The zero-order chi connectivity index (χ0) is 46.9. The molecule has 8 atom stereocenters. The van der Waals surface area contributed by atoms with Gasteiger partial charge in [0.15, 0.2) is 6.10 Å². The number of carbonyl (C=O) groups is 2. The molecule has 0 spiro atoms. The molecule has 0 aromatic carbocycles. The summed E-state index contributed by atoms with van der Waals surface area (Å²) in [5.41, 5.74) is 0. The first-order chi connectivity index (χ1) is 29.9. The molecule has 63 heavy (non-hydrogen) atoms. The van der Waals surface area contributed by atoms with Gasteiger partial charge in [0.25, 0.3) is 0 Å². The Bertz CT molecular complexity index is 1300. The molecule has 0 aromatic rings. The standard InChI is InChI=1S/C45H86O16P2/c1-4-5-19-25-37(46)29-30-41-40(42(48)31-43(41)49)26-21-17-18-22-27-44(50)57-34-39(35-60-63(55,56)59-33-38(47)32-58-62(52,53)54)61-45(51)28-23-16-14-12-10-8-6-7-9-11-13-15-20-24-36(2)3/h29-30,36-43,46-49H,4-28,31-35H2,1-3H3,(H,55,56)(H2,52,53,54)/b30-29+/t37-,38-,39+,40+,41+,42-,43+/m0/s1. The van der Waals surface area contributed by atoms with E-state index in [4.69, 9.17) is 28.3 Å². The molecule has 372 valence electrons. The number of phosphoric ester groups is 2. The molecule has 7 N–H and O–H groups in total. The second kappa shape index (κ2) is 35.9. The number of aliphatic hydroxyl groups is 4. The molecule has 0 aliphatic heterocycles. The van der Waals surface area contributed by atoms with Crippen LogP contribution in [0.3, 0.4) is 0 Å². The van der Waals surface area contributed by atoms with Crippen LogP contribution < -0.4 is 0 Å². The molecule has 0 heterocycles. The van der Waals surface area contributed by atoms with E-state index >= 15 is 0 Å². The highest BCUT2D eigenvalue weighted by Crippen LogP contribution is 2.44. The molecule has 1 saturated carbocycles. The molecule has 0 aromatic heterocycles. The minimum absolute atomic E-state index is 0.0717. The summed E-state index contributed by atoms with van der Waals surface area (Å²) < 4.78 is 47.9. The van der Waals surface area contributed by atoms with Gasteiger partial charge in [0.2, 0.25) is 0 Å². The van der Waals surface area contributed by atoms with E-state index in [1.807, 2.05) is 6.08 Å². The van der Waals surface area contributed by atoms with E-state index in [0.717, 1.165) is 63.7 Å². The topological polar surface area (TPSA) is 256 Å². The molecule has 18 heteroatoms. The predicted octanol–water partition coefficient (Wildman–Crippen LogP) is 8.75. The third-order valence-corrected chi connectivity index (χ3v) is 12.9. The van der Waals surface area contributed by atoms with Gasteiger partial charge in [-0.05, 0) is 37.5 Å². The lowest BCUT2D eigenvalue weighted by atomic mass is 9.88. The Hall–Kier alpha value is -1.26. The van der Waals surface area contributed by atoms with Gasteiger partial charge >= 0.3 is 27.6 Å². The Kier molecular flexibility index (Phi) is 34.0. The van der Waals surface area contributed by atoms with E-state index in [1.165, 1.54) is 57.8 Å². The minimum Gasteiger partial charge on any atom is -0.462 e. The van der Waals surface area contributed by atoms with Crippen LogP contribution in [0.25, 0.3) is 0 Å². The van der Waals surface area contributed by atoms with E-state index in [-0.39, 0.29) is 24.7 Å². The third-order valence-electron chi connectivity index (χ3n) is 11.4. The van der Waals surface area contributed by atoms with Crippen LogP contribution in [-0.4, -0.2) is 104 Å². The Morgan fingerprint density at radius 2 is 1.14 bits per heavy atom. The molecule has 0 radical (unpaired) electrons. The van der Waals surface area contributed by atoms with Gasteiger partial charge in [0.05, 0.1) is 38.1 Å². The van der Waals surface area contributed by atoms with E-state index in [9.17, 15) is 44.0 Å². The lowest BCUT2D eigenvalue weighted by Gasteiger charge is -2.21. The number of ether oxygens (including phenoxy) is 2. The molecule has 0 saturated heterocycles. The van der Waals surface area contributed by atoms with Gasteiger partial charge in [-0.15, -0.1) is 0 Å². The summed E-state index contributed by atoms with van der Waals surface area (Å²) >= 11 is 0. The monoisotopic (exact) mass is 945 g/mol. The number of carbonyl (C=O) groups excluding carboxylic acids is 2. The SMILES string of the molecule is CCCCC[C@H](O)/C=C/[C@@H]1[C@@H](CCCCCCC(=O)OC[C@H](COP(=O)(O)OC[C@@H](O)COP(=O)(O)O)OC(=O)CCCCCCCCCCCCCCCC(C)C)[C@@H](O)C[C@H]1O. The van der Waals surface area contributed by atoms with Gasteiger partial charge < -0.3 is 44.6 Å². The number of rotatable bonds is 41. The summed E-state index contributed by atoms with van der Waals surface area (Å²) in [6.45, 7) is 3.77. The van der Waals surface area contributed by atoms with Crippen molar-refractivity contribution in [3.05, 3.63) is 12.2 Å². The van der Waals surface area contributed by atoms with Gasteiger partial charge in [-0.3, -0.25) is 23.2 Å². The normalized spacial score (nSPS) is 20.6. The van der Waals surface area contributed by atoms with Crippen molar-refractivity contribution in [1.29, 1.82) is 0 Å². The molecular weight excluding hydrogens is 858 g/mol. The average Bonchev–Trinajstić information content (AvgIpc) is 3.49. The fourth-order valence-corrected chi connectivity index (χ4v) is 8.90. The van der Waals surface area contributed by atoms with Crippen LogP contribution in [0.2, 0.25) is 0 Å². The average molecular weight is 945 g/mol. The summed E-state index contributed by atoms with van der Waals surface area (Å²) in [5, 5.41) is 41.2. The summed E-state index contributed by atoms with van der Waals surface area (Å²) in [7, 11) is -9.75. The molecule has 0 amide bonds. The van der Waals surface area contributed by atoms with E-state index < -0.39 is 84.5 Å². The van der Waals surface area contributed by atoms with Gasteiger partial charge in [0.1, 0.15) is 12.7 Å². The van der Waals surface area contributed by atoms with Gasteiger partial charge in [0, 0.05) is 25.2 Å². The Morgan fingerprint density at radius 1 is 0.635 bits per heavy atom. The number of hydrogen-bond donors (Lipinski definition) is 7. The second-order valence-electron chi connectivity index (χ2n) is 17.8. The van der Waals surface area contributed by atoms with Crippen molar-refractivity contribution < 1.29 is 76.9 Å². The smallest absolute Gasteiger partial charge is 0.462 e. The van der Waals surface area contributed by atoms with Crippen LogP contribution >= 0.6 is 15.6 Å². The fourth-order valence-electron chi connectivity index (χ4n) is 7.75. The molecular formula is C45H86O16P2. The minimum atomic E-state index is -4.89. The molecule has 16 nitrogen and oxygen atoms in total. The van der Waals surface area contributed by atoms with Crippen molar-refractivity contribution in [2.75, 3.05) is 26.4 Å². The number of phosphoric acid groups is 2. The van der Waals surface area contributed by atoms with Crippen LogP contribution in [-0.2, 0) is 41.8 Å². The summed E-state index contributed by atoms with van der Waals surface area (Å²) in [6, 6.07) is 0. The third kappa shape index (κ3) is 33.8. The van der Waals surface area contributed by atoms with Crippen LogP contribution in [0.4, 0.5) is 0 Å². The van der Waals surface area contributed by atoms with Crippen molar-refractivity contribution in [2.45, 2.75) is 218 Å². The lowest BCUT2D eigenvalue weighted by molar-refractivity contribution is -0.161. The van der Waals surface area contributed by atoms with Crippen molar-refractivity contribution in [3.63, 3.8) is 0 Å². The highest BCUT2D eigenvalue weighted by atomic mass is 31.2. The van der Waals surface area contributed by atoms with Gasteiger partial charge in [-0.2, -0.15) is 0 Å². The maximum atomic E-state index is 12.7. The first kappa shape index (κ1) is 59.8. The molecule has 1 rings (SSSR count). The van der Waals surface area contributed by atoms with Crippen molar-refractivity contribution in [3.8, 4) is 0 Å². The first-order valence-electron chi connectivity index (χ1n) is 24.0. The molecule has 1 unspecified atom stereocenters. The Balaban J connectivity index is 2.49. The molecule has 1 fully saturated rings. The van der Waals surface area contributed by atoms with E-state index in [2.05, 4.69) is 25.3 Å². The summed E-state index contributed by atoms with van der Waals surface area (Å²) in [5.74, 6) is -0.731. The summed E-state index contributed by atoms with van der Waals surface area (Å²) in [4.78, 5) is 53.0. The number of unbranched alkanes of at least 4 members (excludes halogenated alkanes) is 17. The molecule has 1 aliphatic rings. The van der Waals surface area contributed by atoms with Crippen LogP contribution in [0, 0.1) is 17.8 Å². The lowest BCUT2D eigenvalue weighted by Crippen LogP contribution is -2.30. The first-order valence-corrected chi connectivity index (χ1v) is 27.0. The molecule has 1 aliphatic carbocycles. The number of aliphatic hydroxyl groups excluding tert-OH is 4. The maximum Gasteiger partial charge on any atom is 0.472 e. The molecule has 0 bridgehead atoms. The highest BCUT2D eigenvalue weighted by molar-refractivity contribution is 7.47. The van der Waals surface area contributed by atoms with Crippen molar-refractivity contribution in [1.82, 2.24) is 0 Å². The quantitative estimate of drug-likeness (QED) is 0.0131. The number of esters is 2. The van der Waals surface area contributed by atoms with Crippen LogP contribution in [0.15, 0.2) is 12.2 Å². The second-order valence-corrected chi connectivity index (χ2v) is 20.5. The predicted molar refractivity (Wildman–Crippen MR) is 241 cm³/mol. The number of hydrogen-bond acceptors (Lipinski definition) is 13. The van der Waals surface area contributed by atoms with Crippen LogP contribution in [0.5, 0.6) is 0 Å². The van der Waals surface area contributed by atoms with E-state index in [1.54, 1.807) is 6.08 Å². The van der Waals surface area contributed by atoms with Gasteiger partial charge in [-0.1, -0.05) is 155 Å². The Morgan fingerprint density at radius 3 is 1.71 bits per heavy atom. The highest BCUT2D eigenvalue weighted by Gasteiger charge is 2.39. The largest absolute Gasteiger partial charge is 0.472 e. The van der Waals surface area contributed by atoms with Gasteiger partial charge in [-0.25, -0.2) is 9.13 Å². The van der Waals surface area contributed by atoms with Crippen LogP contribution in [0.1, 0.15) is 188 Å². The summed E-state index contributed by atoms with van der Waals surface area (Å²) in [6.07, 6.45) is 22.7. The zero-order valence-electron chi connectivity index (χ0n) is 38.7.